The van der Waals surface area contributed by atoms with Gasteiger partial charge in [-0.1, -0.05) is 31.0 Å². The van der Waals surface area contributed by atoms with Gasteiger partial charge in [0.15, 0.2) is 0 Å². The Morgan fingerprint density at radius 2 is 2.00 bits per heavy atom. The Labute approximate surface area is 118 Å². The number of hydrogen-bond donors (Lipinski definition) is 1. The molecule has 1 fully saturated rings. The quantitative estimate of drug-likeness (QED) is 0.866. The molecule has 0 spiro atoms. The first-order valence-corrected chi connectivity index (χ1v) is 7.15. The van der Waals surface area contributed by atoms with E-state index in [1.54, 1.807) is 12.3 Å². The van der Waals surface area contributed by atoms with Crippen molar-refractivity contribution in [2.75, 3.05) is 0 Å². The number of carbonyl (C=O) groups excluding carboxylic acids is 1. The third-order valence-corrected chi connectivity index (χ3v) is 3.80. The van der Waals surface area contributed by atoms with Gasteiger partial charge in [0.1, 0.15) is 0 Å². The molecule has 0 radical (unpaired) electrons. The maximum Gasteiger partial charge on any atom is 0.244 e. The fraction of sp³-hybridized carbons (Fsp3) is 0.294. The maximum absolute atomic E-state index is 11.9. The fourth-order valence-corrected chi connectivity index (χ4v) is 2.75. The zero-order valence-electron chi connectivity index (χ0n) is 11.4. The van der Waals surface area contributed by atoms with Crippen molar-refractivity contribution < 1.29 is 4.79 Å². The molecule has 1 heterocycles. The van der Waals surface area contributed by atoms with Crippen molar-refractivity contribution in [3.63, 3.8) is 0 Å². The number of aromatic nitrogens is 1. The van der Waals surface area contributed by atoms with Crippen LogP contribution in [0.25, 0.3) is 17.0 Å². The van der Waals surface area contributed by atoms with E-state index >= 15 is 0 Å². The summed E-state index contributed by atoms with van der Waals surface area (Å²) in [5.41, 5.74) is 1.98. The van der Waals surface area contributed by atoms with Crippen LogP contribution in [0.5, 0.6) is 0 Å². The van der Waals surface area contributed by atoms with Crippen LogP contribution in [0, 0.1) is 0 Å². The van der Waals surface area contributed by atoms with Gasteiger partial charge in [0.25, 0.3) is 0 Å². The van der Waals surface area contributed by atoms with Crippen molar-refractivity contribution in [2.45, 2.75) is 31.7 Å². The summed E-state index contributed by atoms with van der Waals surface area (Å²) in [7, 11) is 0. The standard InChI is InChI=1S/C17H18N2O/c20-17(19-14-5-1-2-6-14)10-9-13-11-12-18-16-8-4-3-7-15(13)16/h3-4,7-12,14H,1-2,5-6H2,(H,19,20)/b10-9+. The van der Waals surface area contributed by atoms with Crippen molar-refractivity contribution >= 4 is 22.9 Å². The number of hydrogen-bond acceptors (Lipinski definition) is 2. The molecule has 0 atom stereocenters. The average molecular weight is 266 g/mol. The van der Waals surface area contributed by atoms with Gasteiger partial charge in [0.05, 0.1) is 5.52 Å². The van der Waals surface area contributed by atoms with Gasteiger partial charge in [-0.25, -0.2) is 0 Å². The van der Waals surface area contributed by atoms with Gasteiger partial charge in [0.2, 0.25) is 5.91 Å². The minimum atomic E-state index is -0.00204. The SMILES string of the molecule is O=C(/C=C/c1ccnc2ccccc12)NC1CCCC1. The Balaban J connectivity index is 1.75. The lowest BCUT2D eigenvalue weighted by atomic mass is 10.1. The molecular formula is C17H18N2O. The van der Waals surface area contributed by atoms with Gasteiger partial charge in [-0.2, -0.15) is 0 Å². The van der Waals surface area contributed by atoms with Gasteiger partial charge >= 0.3 is 0 Å². The first kappa shape index (κ1) is 12.9. The van der Waals surface area contributed by atoms with E-state index in [4.69, 9.17) is 0 Å². The van der Waals surface area contributed by atoms with Crippen LogP contribution in [0.1, 0.15) is 31.2 Å². The van der Waals surface area contributed by atoms with Crippen LogP contribution in [0.3, 0.4) is 0 Å². The summed E-state index contributed by atoms with van der Waals surface area (Å²) in [4.78, 5) is 16.2. The largest absolute Gasteiger partial charge is 0.350 e. The molecule has 3 heteroatoms. The molecule has 0 unspecified atom stereocenters. The second-order valence-corrected chi connectivity index (χ2v) is 5.24. The molecule has 3 rings (SSSR count). The molecule has 1 aromatic carbocycles. The monoisotopic (exact) mass is 266 g/mol. The highest BCUT2D eigenvalue weighted by Crippen LogP contribution is 2.19. The van der Waals surface area contributed by atoms with Crippen molar-refractivity contribution in [3.8, 4) is 0 Å². The van der Waals surface area contributed by atoms with E-state index in [9.17, 15) is 4.79 Å². The fourth-order valence-electron chi connectivity index (χ4n) is 2.75. The number of pyridine rings is 1. The van der Waals surface area contributed by atoms with E-state index in [0.29, 0.717) is 6.04 Å². The van der Waals surface area contributed by atoms with Crippen molar-refractivity contribution in [1.82, 2.24) is 10.3 Å². The molecule has 1 N–H and O–H groups in total. The first-order valence-electron chi connectivity index (χ1n) is 7.15. The van der Waals surface area contributed by atoms with Gasteiger partial charge in [-0.05, 0) is 36.6 Å². The van der Waals surface area contributed by atoms with E-state index in [-0.39, 0.29) is 5.91 Å². The van der Waals surface area contributed by atoms with Gasteiger partial charge in [0, 0.05) is 23.7 Å². The molecule has 0 saturated heterocycles. The number of benzene rings is 1. The van der Waals surface area contributed by atoms with Gasteiger partial charge < -0.3 is 5.32 Å². The number of rotatable bonds is 3. The summed E-state index contributed by atoms with van der Waals surface area (Å²) in [6.45, 7) is 0. The molecule has 1 amide bonds. The van der Waals surface area contributed by atoms with Crippen LogP contribution < -0.4 is 5.32 Å². The van der Waals surface area contributed by atoms with Crippen molar-refractivity contribution in [3.05, 3.63) is 48.2 Å². The molecule has 102 valence electrons. The highest BCUT2D eigenvalue weighted by molar-refractivity contribution is 5.95. The third-order valence-electron chi connectivity index (χ3n) is 3.80. The predicted molar refractivity (Wildman–Crippen MR) is 81.2 cm³/mol. The summed E-state index contributed by atoms with van der Waals surface area (Å²) in [6, 6.07) is 10.3. The molecule has 1 aromatic heterocycles. The van der Waals surface area contributed by atoms with Crippen LogP contribution in [0.2, 0.25) is 0 Å². The average Bonchev–Trinajstić information content (AvgIpc) is 2.98. The van der Waals surface area contributed by atoms with E-state index in [0.717, 1.165) is 29.3 Å². The van der Waals surface area contributed by atoms with Gasteiger partial charge in [-0.3, -0.25) is 9.78 Å². The molecule has 20 heavy (non-hydrogen) atoms. The number of nitrogens with one attached hydrogen (secondary N) is 1. The molecule has 0 bridgehead atoms. The van der Waals surface area contributed by atoms with Crippen molar-refractivity contribution in [1.29, 1.82) is 0 Å². The maximum atomic E-state index is 11.9. The molecule has 0 aliphatic heterocycles. The highest BCUT2D eigenvalue weighted by atomic mass is 16.1. The summed E-state index contributed by atoms with van der Waals surface area (Å²) in [6.07, 6.45) is 9.94. The molecule has 1 aliphatic rings. The Hall–Kier alpha value is -2.16. The summed E-state index contributed by atoms with van der Waals surface area (Å²) < 4.78 is 0. The zero-order valence-corrected chi connectivity index (χ0v) is 11.4. The lowest BCUT2D eigenvalue weighted by molar-refractivity contribution is -0.117. The number of nitrogens with zero attached hydrogens (tertiary/aromatic N) is 1. The van der Waals surface area contributed by atoms with E-state index in [2.05, 4.69) is 10.3 Å². The minimum Gasteiger partial charge on any atom is -0.350 e. The van der Waals surface area contributed by atoms with E-state index in [1.807, 2.05) is 36.4 Å². The topological polar surface area (TPSA) is 42.0 Å². The summed E-state index contributed by atoms with van der Waals surface area (Å²) in [5, 5.41) is 4.13. The number of para-hydroxylation sites is 1. The number of amides is 1. The van der Waals surface area contributed by atoms with Crippen LogP contribution in [-0.2, 0) is 4.79 Å². The van der Waals surface area contributed by atoms with Crippen LogP contribution in [0.15, 0.2) is 42.6 Å². The summed E-state index contributed by atoms with van der Waals surface area (Å²) >= 11 is 0. The molecule has 1 saturated carbocycles. The lowest BCUT2D eigenvalue weighted by Crippen LogP contribution is -2.30. The summed E-state index contributed by atoms with van der Waals surface area (Å²) in [5.74, 6) is -0.00204. The van der Waals surface area contributed by atoms with E-state index in [1.165, 1.54) is 12.8 Å². The lowest BCUT2D eigenvalue weighted by Gasteiger charge is -2.09. The Kier molecular flexibility index (Phi) is 3.77. The minimum absolute atomic E-state index is 0.00204. The first-order chi connectivity index (χ1) is 9.83. The molecular weight excluding hydrogens is 248 g/mol. The van der Waals surface area contributed by atoms with Crippen LogP contribution in [-0.4, -0.2) is 16.9 Å². The Morgan fingerprint density at radius 3 is 2.85 bits per heavy atom. The third kappa shape index (κ3) is 2.87. The normalized spacial score (nSPS) is 16.0. The van der Waals surface area contributed by atoms with Crippen molar-refractivity contribution in [2.24, 2.45) is 0 Å². The highest BCUT2D eigenvalue weighted by Gasteiger charge is 2.15. The smallest absolute Gasteiger partial charge is 0.244 e. The number of fused-ring (bicyclic) bond motifs is 1. The number of carbonyl (C=O) groups is 1. The Morgan fingerprint density at radius 1 is 1.20 bits per heavy atom. The van der Waals surface area contributed by atoms with Crippen LogP contribution >= 0.6 is 0 Å². The van der Waals surface area contributed by atoms with Crippen LogP contribution in [0.4, 0.5) is 0 Å². The van der Waals surface area contributed by atoms with Gasteiger partial charge in [-0.15, -0.1) is 0 Å². The Bertz CT molecular complexity index is 637. The molecule has 1 aliphatic carbocycles. The zero-order chi connectivity index (χ0) is 13.8. The second kappa shape index (κ2) is 5.87. The van der Waals surface area contributed by atoms with E-state index < -0.39 is 0 Å². The molecule has 3 nitrogen and oxygen atoms in total. The predicted octanol–water partition coefficient (Wildman–Crippen LogP) is 3.31. The second-order valence-electron chi connectivity index (χ2n) is 5.24. The molecule has 2 aromatic rings.